The molecule has 0 aromatic heterocycles. The number of halogens is 1. The molecule has 6 heteroatoms. The molecule has 1 heterocycles. The van der Waals surface area contributed by atoms with Crippen LogP contribution in [0.3, 0.4) is 0 Å². The van der Waals surface area contributed by atoms with Crippen LogP contribution in [-0.2, 0) is 4.79 Å². The molecule has 0 saturated carbocycles. The number of nitrogens with one attached hydrogen (secondary N) is 2. The Bertz CT molecular complexity index is 525. The molecule has 1 aliphatic heterocycles. The number of carboxylic acid groups (broad SMARTS) is 1. The third-order valence-corrected chi connectivity index (χ3v) is 3.69. The molecule has 1 atom stereocenters. The maximum Gasteiger partial charge on any atom is 0.335 e. The van der Waals surface area contributed by atoms with E-state index in [1.165, 1.54) is 18.2 Å². The van der Waals surface area contributed by atoms with Crippen molar-refractivity contribution in [2.75, 3.05) is 18.4 Å². The van der Waals surface area contributed by atoms with E-state index in [1.807, 2.05) is 6.92 Å². The largest absolute Gasteiger partial charge is 0.478 e. The Kier molecular flexibility index (Phi) is 3.78. The van der Waals surface area contributed by atoms with Crippen molar-refractivity contribution >= 4 is 29.2 Å². The van der Waals surface area contributed by atoms with Gasteiger partial charge in [0.15, 0.2) is 0 Å². The van der Waals surface area contributed by atoms with E-state index in [4.69, 9.17) is 16.7 Å². The van der Waals surface area contributed by atoms with E-state index in [0.717, 1.165) is 13.0 Å². The summed E-state index contributed by atoms with van der Waals surface area (Å²) in [5, 5.41) is 15.0. The molecule has 1 saturated heterocycles. The first-order valence-electron chi connectivity index (χ1n) is 5.97. The second-order valence-electron chi connectivity index (χ2n) is 4.94. The Hall–Kier alpha value is -1.59. The number of hydrogen-bond donors (Lipinski definition) is 3. The van der Waals surface area contributed by atoms with Crippen LogP contribution in [0.25, 0.3) is 0 Å². The predicted octanol–water partition coefficient (Wildman–Crippen LogP) is 1.98. The summed E-state index contributed by atoms with van der Waals surface area (Å²) < 4.78 is 0. The van der Waals surface area contributed by atoms with Crippen molar-refractivity contribution in [2.45, 2.75) is 13.3 Å². The van der Waals surface area contributed by atoms with Crippen LogP contribution in [-0.4, -0.2) is 30.1 Å². The third-order valence-electron chi connectivity index (χ3n) is 3.38. The first-order chi connectivity index (χ1) is 8.92. The molecule has 1 fully saturated rings. The molecule has 102 valence electrons. The molecule has 1 unspecified atom stereocenters. The topological polar surface area (TPSA) is 78.4 Å². The molecule has 0 bridgehead atoms. The first-order valence-corrected chi connectivity index (χ1v) is 6.35. The van der Waals surface area contributed by atoms with Gasteiger partial charge in [-0.25, -0.2) is 4.79 Å². The fraction of sp³-hybridized carbons (Fsp3) is 0.385. The molecule has 5 nitrogen and oxygen atoms in total. The molecule has 1 aromatic carbocycles. The number of hydrogen-bond acceptors (Lipinski definition) is 3. The highest BCUT2D eigenvalue weighted by Gasteiger charge is 2.36. The zero-order valence-electron chi connectivity index (χ0n) is 10.5. The van der Waals surface area contributed by atoms with Crippen LogP contribution in [0.2, 0.25) is 5.02 Å². The number of amides is 1. The number of anilines is 1. The molecule has 0 radical (unpaired) electrons. The summed E-state index contributed by atoms with van der Waals surface area (Å²) in [6, 6.07) is 4.25. The van der Waals surface area contributed by atoms with Crippen molar-refractivity contribution in [2.24, 2.45) is 5.41 Å². The predicted molar refractivity (Wildman–Crippen MR) is 72.6 cm³/mol. The van der Waals surface area contributed by atoms with Crippen LogP contribution < -0.4 is 10.6 Å². The van der Waals surface area contributed by atoms with Crippen LogP contribution in [0.1, 0.15) is 23.7 Å². The van der Waals surface area contributed by atoms with Gasteiger partial charge in [0, 0.05) is 6.54 Å². The molecule has 3 N–H and O–H groups in total. The number of carbonyl (C=O) groups is 2. The van der Waals surface area contributed by atoms with E-state index >= 15 is 0 Å². The van der Waals surface area contributed by atoms with Crippen molar-refractivity contribution in [1.29, 1.82) is 0 Å². The van der Waals surface area contributed by atoms with Crippen molar-refractivity contribution < 1.29 is 14.7 Å². The summed E-state index contributed by atoms with van der Waals surface area (Å²) in [5.74, 6) is -1.16. The van der Waals surface area contributed by atoms with Crippen molar-refractivity contribution in [1.82, 2.24) is 5.32 Å². The Morgan fingerprint density at radius 1 is 1.47 bits per heavy atom. The summed E-state index contributed by atoms with van der Waals surface area (Å²) in [5.41, 5.74) is 0.0796. The van der Waals surface area contributed by atoms with Gasteiger partial charge in [-0.05, 0) is 38.1 Å². The summed E-state index contributed by atoms with van der Waals surface area (Å²) in [7, 11) is 0. The highest BCUT2D eigenvalue weighted by Crippen LogP contribution is 2.29. The van der Waals surface area contributed by atoms with Gasteiger partial charge in [0.05, 0.1) is 21.7 Å². The van der Waals surface area contributed by atoms with Gasteiger partial charge in [0.2, 0.25) is 5.91 Å². The molecular weight excluding hydrogens is 268 g/mol. The maximum atomic E-state index is 12.2. The third kappa shape index (κ3) is 2.88. The maximum absolute atomic E-state index is 12.2. The number of benzene rings is 1. The van der Waals surface area contributed by atoms with Crippen LogP contribution in [0.4, 0.5) is 5.69 Å². The standard InChI is InChI=1S/C13H15ClN2O3/c1-13(4-5-15-7-13)12(19)16-10-3-2-8(11(17)18)6-9(10)14/h2-3,6,15H,4-5,7H2,1H3,(H,16,19)(H,17,18). The van der Waals surface area contributed by atoms with Gasteiger partial charge < -0.3 is 15.7 Å². The summed E-state index contributed by atoms with van der Waals surface area (Å²) in [6.45, 7) is 3.33. The van der Waals surface area contributed by atoms with Gasteiger partial charge in [-0.1, -0.05) is 11.6 Å². The average molecular weight is 283 g/mol. The average Bonchev–Trinajstić information content (AvgIpc) is 2.80. The van der Waals surface area contributed by atoms with Crippen LogP contribution in [0.5, 0.6) is 0 Å². The molecular formula is C13H15ClN2O3. The van der Waals surface area contributed by atoms with Gasteiger partial charge in [-0.2, -0.15) is 0 Å². The van der Waals surface area contributed by atoms with Gasteiger partial charge in [-0.3, -0.25) is 4.79 Å². The van der Waals surface area contributed by atoms with Gasteiger partial charge >= 0.3 is 5.97 Å². The first kappa shape index (κ1) is 13.8. The molecule has 0 aliphatic carbocycles. The molecule has 1 amide bonds. The molecule has 1 aromatic rings. The Morgan fingerprint density at radius 3 is 2.74 bits per heavy atom. The van der Waals surface area contributed by atoms with Crippen LogP contribution in [0.15, 0.2) is 18.2 Å². The number of carbonyl (C=O) groups excluding carboxylic acids is 1. The minimum absolute atomic E-state index is 0.0942. The lowest BCUT2D eigenvalue weighted by Crippen LogP contribution is -2.35. The highest BCUT2D eigenvalue weighted by atomic mass is 35.5. The Morgan fingerprint density at radius 2 is 2.21 bits per heavy atom. The van der Waals surface area contributed by atoms with E-state index in [-0.39, 0.29) is 16.5 Å². The van der Waals surface area contributed by atoms with E-state index in [1.54, 1.807) is 0 Å². The minimum atomic E-state index is -1.05. The van der Waals surface area contributed by atoms with Gasteiger partial charge in [0.25, 0.3) is 0 Å². The second-order valence-corrected chi connectivity index (χ2v) is 5.35. The van der Waals surface area contributed by atoms with Gasteiger partial charge in [-0.15, -0.1) is 0 Å². The molecule has 0 spiro atoms. The monoisotopic (exact) mass is 282 g/mol. The molecule has 2 rings (SSSR count). The lowest BCUT2D eigenvalue weighted by molar-refractivity contribution is -0.123. The lowest BCUT2D eigenvalue weighted by atomic mass is 9.88. The van der Waals surface area contributed by atoms with Gasteiger partial charge in [0.1, 0.15) is 0 Å². The van der Waals surface area contributed by atoms with E-state index < -0.39 is 11.4 Å². The second kappa shape index (κ2) is 5.19. The number of carboxylic acids is 1. The fourth-order valence-electron chi connectivity index (χ4n) is 2.03. The van der Waals surface area contributed by atoms with Crippen molar-refractivity contribution in [3.63, 3.8) is 0 Å². The zero-order chi connectivity index (χ0) is 14.0. The molecule has 19 heavy (non-hydrogen) atoms. The Balaban J connectivity index is 2.15. The smallest absolute Gasteiger partial charge is 0.335 e. The fourth-order valence-corrected chi connectivity index (χ4v) is 2.26. The highest BCUT2D eigenvalue weighted by molar-refractivity contribution is 6.34. The summed E-state index contributed by atoms with van der Waals surface area (Å²) >= 11 is 5.98. The SMILES string of the molecule is CC1(C(=O)Nc2ccc(C(=O)O)cc2Cl)CCNC1. The number of aromatic carboxylic acids is 1. The van der Waals surface area contributed by atoms with E-state index in [9.17, 15) is 9.59 Å². The van der Waals surface area contributed by atoms with Crippen LogP contribution >= 0.6 is 11.6 Å². The van der Waals surface area contributed by atoms with E-state index in [0.29, 0.717) is 12.2 Å². The van der Waals surface area contributed by atoms with Crippen molar-refractivity contribution in [3.8, 4) is 0 Å². The van der Waals surface area contributed by atoms with E-state index in [2.05, 4.69) is 10.6 Å². The summed E-state index contributed by atoms with van der Waals surface area (Å²) in [4.78, 5) is 23.0. The van der Waals surface area contributed by atoms with Crippen LogP contribution in [0, 0.1) is 5.41 Å². The quantitative estimate of drug-likeness (QED) is 0.792. The molecule has 1 aliphatic rings. The lowest BCUT2D eigenvalue weighted by Gasteiger charge is -2.21. The van der Waals surface area contributed by atoms with Crippen molar-refractivity contribution in [3.05, 3.63) is 28.8 Å². The summed E-state index contributed by atoms with van der Waals surface area (Å²) in [6.07, 6.45) is 0.768. The number of rotatable bonds is 3. The normalized spacial score (nSPS) is 22.2. The zero-order valence-corrected chi connectivity index (χ0v) is 11.3. The minimum Gasteiger partial charge on any atom is -0.478 e. The Labute approximate surface area is 116 Å².